The average molecular weight is 397 g/mol. The van der Waals surface area contributed by atoms with Crippen LogP contribution in [0.4, 0.5) is 25.8 Å². The van der Waals surface area contributed by atoms with Crippen molar-refractivity contribution in [1.29, 1.82) is 0 Å². The molecule has 1 saturated carbocycles. The molecule has 4 rings (SSSR count). The van der Waals surface area contributed by atoms with E-state index in [0.29, 0.717) is 17.8 Å². The largest absolute Gasteiger partial charge is 0.322 e. The van der Waals surface area contributed by atoms with E-state index < -0.39 is 17.5 Å². The highest BCUT2D eigenvalue weighted by atomic mass is 19.1. The molecule has 0 aromatic heterocycles. The molecule has 0 spiro atoms. The summed E-state index contributed by atoms with van der Waals surface area (Å²) < 4.78 is 27.3. The molecular formula is C22H21F2N3O2. The molecule has 0 saturated heterocycles. The Hall–Kier alpha value is -3.09. The molecule has 0 radical (unpaired) electrons. The summed E-state index contributed by atoms with van der Waals surface area (Å²) in [4.78, 5) is 32.0. The van der Waals surface area contributed by atoms with Crippen LogP contribution in [0, 0.1) is 31.4 Å². The summed E-state index contributed by atoms with van der Waals surface area (Å²) >= 11 is 0. The SMILES string of the molecule is Cc1cc2c(cc1C)N(CC(=O)Nc1cc(F)ccc1F)C(=O)[C@H]1CCCC1=N2. The maximum Gasteiger partial charge on any atom is 0.244 e. The van der Waals surface area contributed by atoms with E-state index in [1.807, 2.05) is 26.0 Å². The summed E-state index contributed by atoms with van der Waals surface area (Å²) in [6.45, 7) is 3.60. The smallest absolute Gasteiger partial charge is 0.244 e. The van der Waals surface area contributed by atoms with Gasteiger partial charge < -0.3 is 10.2 Å². The number of carbonyl (C=O) groups excluding carboxylic acids is 2. The third-order valence-corrected chi connectivity index (χ3v) is 5.54. The van der Waals surface area contributed by atoms with Crippen molar-refractivity contribution in [3.8, 4) is 0 Å². The number of aryl methyl sites for hydroxylation is 2. The predicted octanol–water partition coefficient (Wildman–Crippen LogP) is 4.44. The summed E-state index contributed by atoms with van der Waals surface area (Å²) in [7, 11) is 0. The van der Waals surface area contributed by atoms with Crippen LogP contribution in [0.3, 0.4) is 0 Å². The number of halogens is 2. The van der Waals surface area contributed by atoms with Gasteiger partial charge in [0.2, 0.25) is 11.8 Å². The number of anilines is 2. The highest BCUT2D eigenvalue weighted by Gasteiger charge is 2.37. The van der Waals surface area contributed by atoms with E-state index in [1.54, 1.807) is 0 Å². The first-order chi connectivity index (χ1) is 13.8. The van der Waals surface area contributed by atoms with Gasteiger partial charge in [0.1, 0.15) is 18.2 Å². The van der Waals surface area contributed by atoms with Gasteiger partial charge in [-0.3, -0.25) is 14.6 Å². The van der Waals surface area contributed by atoms with Crippen LogP contribution < -0.4 is 10.2 Å². The lowest BCUT2D eigenvalue weighted by Crippen LogP contribution is -2.42. The fourth-order valence-corrected chi connectivity index (χ4v) is 3.87. The summed E-state index contributed by atoms with van der Waals surface area (Å²) in [5.74, 6) is -2.53. The number of hydrogen-bond donors (Lipinski definition) is 1. The van der Waals surface area contributed by atoms with Crippen LogP contribution in [0.25, 0.3) is 0 Å². The van der Waals surface area contributed by atoms with Crippen molar-refractivity contribution < 1.29 is 18.4 Å². The van der Waals surface area contributed by atoms with Gasteiger partial charge in [-0.05, 0) is 68.5 Å². The first kappa shape index (κ1) is 19.2. The molecule has 0 bridgehead atoms. The van der Waals surface area contributed by atoms with Gasteiger partial charge in [0.25, 0.3) is 0 Å². The molecule has 2 aliphatic rings. The third kappa shape index (κ3) is 3.64. The van der Waals surface area contributed by atoms with Gasteiger partial charge in [-0.2, -0.15) is 0 Å². The van der Waals surface area contributed by atoms with Crippen molar-refractivity contribution >= 4 is 34.6 Å². The first-order valence-corrected chi connectivity index (χ1v) is 9.58. The zero-order valence-electron chi connectivity index (χ0n) is 16.3. The Morgan fingerprint density at radius 3 is 2.76 bits per heavy atom. The van der Waals surface area contributed by atoms with Gasteiger partial charge in [-0.15, -0.1) is 0 Å². The highest BCUT2D eigenvalue weighted by Crippen LogP contribution is 2.39. The highest BCUT2D eigenvalue weighted by molar-refractivity contribution is 6.16. The second-order valence-corrected chi connectivity index (χ2v) is 7.57. The zero-order chi connectivity index (χ0) is 20.7. The molecule has 1 aliphatic heterocycles. The number of amides is 2. The molecule has 2 aromatic carbocycles. The minimum absolute atomic E-state index is 0.182. The van der Waals surface area contributed by atoms with Gasteiger partial charge in [0.05, 0.1) is 23.0 Å². The number of rotatable bonds is 3. The van der Waals surface area contributed by atoms with E-state index in [0.717, 1.165) is 47.9 Å². The Kier molecular flexibility index (Phi) is 4.90. The van der Waals surface area contributed by atoms with E-state index in [-0.39, 0.29) is 24.1 Å². The van der Waals surface area contributed by atoms with Gasteiger partial charge >= 0.3 is 0 Å². The molecule has 1 fully saturated rings. The zero-order valence-corrected chi connectivity index (χ0v) is 16.3. The number of nitrogens with zero attached hydrogens (tertiary/aromatic N) is 2. The van der Waals surface area contributed by atoms with Crippen molar-refractivity contribution in [2.75, 3.05) is 16.8 Å². The van der Waals surface area contributed by atoms with Crippen molar-refractivity contribution in [2.24, 2.45) is 10.9 Å². The molecule has 2 aromatic rings. The van der Waals surface area contributed by atoms with Crippen LogP contribution in [-0.4, -0.2) is 24.1 Å². The Morgan fingerprint density at radius 2 is 1.97 bits per heavy atom. The fourth-order valence-electron chi connectivity index (χ4n) is 3.87. The summed E-state index contributed by atoms with van der Waals surface area (Å²) in [6, 6.07) is 6.61. The number of carbonyl (C=O) groups is 2. The fraction of sp³-hybridized carbons (Fsp3) is 0.318. The van der Waals surface area contributed by atoms with Crippen LogP contribution in [0.15, 0.2) is 35.3 Å². The summed E-state index contributed by atoms with van der Waals surface area (Å²) in [5.41, 5.74) is 3.84. The number of benzene rings is 2. The Balaban J connectivity index is 1.67. The lowest BCUT2D eigenvalue weighted by molar-refractivity contribution is -0.123. The van der Waals surface area contributed by atoms with Gasteiger partial charge in [0, 0.05) is 11.8 Å². The van der Waals surface area contributed by atoms with Crippen LogP contribution in [0.5, 0.6) is 0 Å². The summed E-state index contributed by atoms with van der Waals surface area (Å²) in [5, 5.41) is 2.37. The lowest BCUT2D eigenvalue weighted by Gasteiger charge is -2.25. The van der Waals surface area contributed by atoms with E-state index in [2.05, 4.69) is 5.32 Å². The van der Waals surface area contributed by atoms with Crippen molar-refractivity contribution in [3.63, 3.8) is 0 Å². The third-order valence-electron chi connectivity index (χ3n) is 5.54. The van der Waals surface area contributed by atoms with Crippen molar-refractivity contribution in [1.82, 2.24) is 0 Å². The molecule has 5 nitrogen and oxygen atoms in total. The quantitative estimate of drug-likeness (QED) is 0.832. The van der Waals surface area contributed by atoms with Gasteiger partial charge in [-0.1, -0.05) is 0 Å². The Morgan fingerprint density at radius 1 is 1.21 bits per heavy atom. The van der Waals surface area contributed by atoms with Crippen LogP contribution in [0.1, 0.15) is 30.4 Å². The normalized spacial score (nSPS) is 18.1. The molecule has 7 heteroatoms. The second-order valence-electron chi connectivity index (χ2n) is 7.57. The van der Waals surface area contributed by atoms with Crippen LogP contribution in [-0.2, 0) is 9.59 Å². The number of fused-ring (bicyclic) bond motifs is 2. The lowest BCUT2D eigenvalue weighted by atomic mass is 10.0. The number of nitrogens with one attached hydrogen (secondary N) is 1. The summed E-state index contributed by atoms with van der Waals surface area (Å²) in [6.07, 6.45) is 2.33. The van der Waals surface area contributed by atoms with E-state index >= 15 is 0 Å². The number of hydrogen-bond acceptors (Lipinski definition) is 3. The Bertz CT molecular complexity index is 1050. The molecule has 29 heavy (non-hydrogen) atoms. The second kappa shape index (κ2) is 7.39. The van der Waals surface area contributed by atoms with Crippen molar-refractivity contribution in [2.45, 2.75) is 33.1 Å². The number of aliphatic imine (C=N–C) groups is 1. The first-order valence-electron chi connectivity index (χ1n) is 9.58. The van der Waals surface area contributed by atoms with Gasteiger partial charge in [0.15, 0.2) is 0 Å². The standard InChI is InChI=1S/C22H21F2N3O2/c1-12-8-19-20(9-13(12)2)27(22(29)15-4-3-5-17(15)25-19)11-21(28)26-18-10-14(23)6-7-16(18)24/h6-10,15H,3-5,11H2,1-2H3,(H,26,28)/t15-/m0/s1. The molecule has 0 unspecified atom stereocenters. The van der Waals surface area contributed by atoms with Gasteiger partial charge in [-0.25, -0.2) is 8.78 Å². The Labute approximate surface area is 167 Å². The van der Waals surface area contributed by atoms with Crippen LogP contribution >= 0.6 is 0 Å². The van der Waals surface area contributed by atoms with E-state index in [1.165, 1.54) is 4.90 Å². The minimum atomic E-state index is -0.741. The monoisotopic (exact) mass is 397 g/mol. The molecular weight excluding hydrogens is 376 g/mol. The minimum Gasteiger partial charge on any atom is -0.322 e. The molecule has 1 atom stereocenters. The maximum atomic E-state index is 13.9. The van der Waals surface area contributed by atoms with E-state index in [4.69, 9.17) is 4.99 Å². The molecule has 1 aliphatic carbocycles. The maximum absolute atomic E-state index is 13.9. The molecule has 2 amide bonds. The topological polar surface area (TPSA) is 61.8 Å². The molecule has 1 heterocycles. The average Bonchev–Trinajstić information content (AvgIpc) is 3.10. The molecule has 1 N–H and O–H groups in total. The predicted molar refractivity (Wildman–Crippen MR) is 108 cm³/mol. The van der Waals surface area contributed by atoms with E-state index in [9.17, 15) is 18.4 Å². The van der Waals surface area contributed by atoms with Crippen molar-refractivity contribution in [3.05, 3.63) is 53.1 Å². The molecule has 150 valence electrons. The van der Waals surface area contributed by atoms with Crippen LogP contribution in [0.2, 0.25) is 0 Å².